The lowest BCUT2D eigenvalue weighted by Crippen LogP contribution is -2.54. The van der Waals surface area contributed by atoms with Crippen LogP contribution in [0.5, 0.6) is 0 Å². The topological polar surface area (TPSA) is 54.4 Å². The molecule has 0 bridgehead atoms. The molecule has 0 aliphatic heterocycles. The lowest BCUT2D eigenvalue weighted by molar-refractivity contribution is -0.131. The van der Waals surface area contributed by atoms with Crippen molar-refractivity contribution >= 4 is 11.6 Å². The summed E-state index contributed by atoms with van der Waals surface area (Å²) in [6.07, 6.45) is 9.05. The van der Waals surface area contributed by atoms with Gasteiger partial charge in [-0.1, -0.05) is 19.4 Å². The average molecular weight is 344 g/mol. The number of aliphatic hydroxyl groups excluding tert-OH is 1. The van der Waals surface area contributed by atoms with Gasteiger partial charge in [-0.15, -0.1) is 0 Å². The molecule has 0 spiro atoms. The highest BCUT2D eigenvalue weighted by Crippen LogP contribution is 2.67. The number of allylic oxidation sites excluding steroid dienone is 1. The van der Waals surface area contributed by atoms with Crippen molar-refractivity contribution in [3.8, 4) is 0 Å². The van der Waals surface area contributed by atoms with Crippen molar-refractivity contribution in [3.63, 3.8) is 0 Å². The molecule has 3 nitrogen and oxygen atoms in total. The van der Waals surface area contributed by atoms with Gasteiger partial charge in [0.1, 0.15) is 5.78 Å². The van der Waals surface area contributed by atoms with E-state index in [2.05, 4.69) is 13.8 Å². The summed E-state index contributed by atoms with van der Waals surface area (Å²) in [5.74, 6) is 2.72. The fourth-order valence-corrected chi connectivity index (χ4v) is 7.69. The number of hydrogen-bond acceptors (Lipinski definition) is 3. The zero-order valence-corrected chi connectivity index (χ0v) is 15.9. The van der Waals surface area contributed by atoms with Crippen molar-refractivity contribution in [2.45, 2.75) is 65.7 Å². The van der Waals surface area contributed by atoms with Crippen LogP contribution in [0.1, 0.15) is 65.7 Å². The third-order valence-corrected chi connectivity index (χ3v) is 8.99. The van der Waals surface area contributed by atoms with Gasteiger partial charge in [-0.25, -0.2) is 0 Å². The van der Waals surface area contributed by atoms with E-state index in [1.807, 2.05) is 6.08 Å². The van der Waals surface area contributed by atoms with E-state index < -0.39 is 0 Å². The van der Waals surface area contributed by atoms with E-state index in [0.717, 1.165) is 32.1 Å². The summed E-state index contributed by atoms with van der Waals surface area (Å²) in [6.45, 7) is 6.58. The molecule has 4 unspecified atom stereocenters. The Hall–Kier alpha value is -0.960. The van der Waals surface area contributed by atoms with Crippen LogP contribution in [0.4, 0.5) is 0 Å². The van der Waals surface area contributed by atoms with Crippen molar-refractivity contribution < 1.29 is 14.7 Å². The van der Waals surface area contributed by atoms with Crippen LogP contribution < -0.4 is 0 Å². The van der Waals surface area contributed by atoms with Crippen molar-refractivity contribution in [2.75, 3.05) is 6.61 Å². The molecule has 1 N–H and O–H groups in total. The van der Waals surface area contributed by atoms with Crippen molar-refractivity contribution in [1.82, 2.24) is 0 Å². The van der Waals surface area contributed by atoms with E-state index in [1.165, 1.54) is 12.0 Å². The van der Waals surface area contributed by atoms with Gasteiger partial charge >= 0.3 is 0 Å². The largest absolute Gasteiger partial charge is 0.396 e. The minimum Gasteiger partial charge on any atom is -0.396 e. The summed E-state index contributed by atoms with van der Waals surface area (Å²) in [6, 6.07) is 0. The maximum absolute atomic E-state index is 12.2. The zero-order valence-electron chi connectivity index (χ0n) is 15.9. The molecule has 0 amide bonds. The quantitative estimate of drug-likeness (QED) is 0.825. The van der Waals surface area contributed by atoms with Crippen molar-refractivity contribution in [1.29, 1.82) is 0 Å². The van der Waals surface area contributed by atoms with Crippen LogP contribution in [0.15, 0.2) is 11.6 Å². The number of fused-ring (bicyclic) bond motifs is 5. The smallest absolute Gasteiger partial charge is 0.156 e. The SMILES string of the molecule is CC(=O)[C@H]1CCC2C3CCC4=CC(=O)CC(CO)[C@]4(C)C3CC[C@@]21C. The van der Waals surface area contributed by atoms with Gasteiger partial charge in [0.25, 0.3) is 0 Å². The minimum atomic E-state index is -0.0266. The second kappa shape index (κ2) is 5.77. The highest BCUT2D eigenvalue weighted by atomic mass is 16.3. The number of carbonyl (C=O) groups is 2. The maximum Gasteiger partial charge on any atom is 0.156 e. The van der Waals surface area contributed by atoms with Gasteiger partial charge in [0.2, 0.25) is 0 Å². The molecular formula is C22H32O3. The van der Waals surface area contributed by atoms with Gasteiger partial charge in [0.05, 0.1) is 0 Å². The van der Waals surface area contributed by atoms with Crippen LogP contribution in [0.25, 0.3) is 0 Å². The molecule has 7 atom stereocenters. The third kappa shape index (κ3) is 2.27. The summed E-state index contributed by atoms with van der Waals surface area (Å²) < 4.78 is 0. The fraction of sp³-hybridized carbons (Fsp3) is 0.818. The van der Waals surface area contributed by atoms with Crippen LogP contribution in [-0.4, -0.2) is 23.3 Å². The summed E-state index contributed by atoms with van der Waals surface area (Å²) in [5.41, 5.74) is 1.44. The molecule has 3 fully saturated rings. The minimum absolute atomic E-state index is 0.0266. The molecule has 0 saturated heterocycles. The van der Waals surface area contributed by atoms with E-state index >= 15 is 0 Å². The Morgan fingerprint density at radius 3 is 2.64 bits per heavy atom. The number of ketones is 2. The molecule has 4 aliphatic rings. The molecule has 0 radical (unpaired) electrons. The summed E-state index contributed by atoms with van der Waals surface area (Å²) >= 11 is 0. The Bertz CT molecular complexity index is 635. The van der Waals surface area contributed by atoms with E-state index in [9.17, 15) is 14.7 Å². The molecule has 4 rings (SSSR count). The monoisotopic (exact) mass is 344 g/mol. The Morgan fingerprint density at radius 2 is 1.96 bits per heavy atom. The highest BCUT2D eigenvalue weighted by Gasteiger charge is 2.61. The summed E-state index contributed by atoms with van der Waals surface area (Å²) in [4.78, 5) is 24.3. The fourth-order valence-electron chi connectivity index (χ4n) is 7.69. The molecular weight excluding hydrogens is 312 g/mol. The maximum atomic E-state index is 12.2. The first-order valence-electron chi connectivity index (χ1n) is 10.2. The number of carbonyl (C=O) groups excluding carboxylic acids is 2. The van der Waals surface area contributed by atoms with Gasteiger partial charge in [0.15, 0.2) is 5.78 Å². The molecule has 0 aromatic heterocycles. The second-order valence-electron chi connectivity index (χ2n) is 9.70. The number of hydrogen-bond donors (Lipinski definition) is 1. The molecule has 4 aliphatic carbocycles. The Morgan fingerprint density at radius 1 is 1.20 bits per heavy atom. The van der Waals surface area contributed by atoms with Crippen molar-refractivity contribution in [3.05, 3.63) is 11.6 Å². The third-order valence-electron chi connectivity index (χ3n) is 8.99. The molecule has 25 heavy (non-hydrogen) atoms. The Balaban J connectivity index is 1.70. The lowest BCUT2D eigenvalue weighted by atomic mass is 9.44. The first kappa shape index (κ1) is 17.5. The first-order valence-corrected chi connectivity index (χ1v) is 10.2. The molecule has 138 valence electrons. The zero-order chi connectivity index (χ0) is 18.0. The molecule has 0 aromatic rings. The molecule has 0 aromatic carbocycles. The number of rotatable bonds is 2. The van der Waals surface area contributed by atoms with Gasteiger partial charge in [0, 0.05) is 18.9 Å². The van der Waals surface area contributed by atoms with Crippen LogP contribution in [0.2, 0.25) is 0 Å². The summed E-state index contributed by atoms with van der Waals surface area (Å²) in [7, 11) is 0. The van der Waals surface area contributed by atoms with E-state index in [1.54, 1.807) is 6.92 Å². The number of aliphatic hydroxyl groups is 1. The predicted octanol–water partition coefficient (Wildman–Crippen LogP) is 3.94. The van der Waals surface area contributed by atoms with Gasteiger partial charge in [-0.2, -0.15) is 0 Å². The Kier molecular flexibility index (Phi) is 4.03. The first-order chi connectivity index (χ1) is 11.8. The molecule has 3 heteroatoms. The highest BCUT2D eigenvalue weighted by molar-refractivity contribution is 5.92. The van der Waals surface area contributed by atoms with Crippen LogP contribution in [0, 0.1) is 40.4 Å². The van der Waals surface area contributed by atoms with Crippen LogP contribution in [0.3, 0.4) is 0 Å². The van der Waals surface area contributed by atoms with E-state index in [4.69, 9.17) is 0 Å². The van der Waals surface area contributed by atoms with E-state index in [-0.39, 0.29) is 35.1 Å². The van der Waals surface area contributed by atoms with Gasteiger partial charge in [-0.3, -0.25) is 9.59 Å². The van der Waals surface area contributed by atoms with Gasteiger partial charge < -0.3 is 5.11 Å². The van der Waals surface area contributed by atoms with Gasteiger partial charge in [-0.05, 0) is 86.0 Å². The van der Waals surface area contributed by atoms with Crippen LogP contribution in [-0.2, 0) is 9.59 Å². The standard InChI is InChI=1S/C22H32O3/c1-13(24)18-6-7-19-17-5-4-14-10-16(25)11-15(12-23)22(14,3)20(17)8-9-21(18,19)2/h10,15,17-20,23H,4-9,11-12H2,1-3H3/t15?,17?,18-,19?,20?,21-,22-/m1/s1. The Labute approximate surface area is 151 Å². The summed E-state index contributed by atoms with van der Waals surface area (Å²) in [5, 5.41) is 10.0. The predicted molar refractivity (Wildman–Crippen MR) is 96.8 cm³/mol. The normalized spacial score (nSPS) is 49.0. The van der Waals surface area contributed by atoms with E-state index in [0.29, 0.717) is 30.0 Å². The molecule has 0 heterocycles. The second-order valence-corrected chi connectivity index (χ2v) is 9.70. The number of Topliss-reactive ketones (excluding diaryl/α,β-unsaturated/α-hetero) is 1. The van der Waals surface area contributed by atoms with Crippen molar-refractivity contribution in [2.24, 2.45) is 40.4 Å². The average Bonchev–Trinajstić information content (AvgIpc) is 2.92. The molecule has 3 saturated carbocycles. The lowest BCUT2D eigenvalue weighted by Gasteiger charge is -2.60. The van der Waals surface area contributed by atoms with Crippen LogP contribution >= 0.6 is 0 Å².